The average molecular weight is 226 g/mol. The van der Waals surface area contributed by atoms with Crippen LogP contribution in [0.25, 0.3) is 10.9 Å². The highest BCUT2D eigenvalue weighted by atomic mass is 35.5. The fraction of sp³-hybridized carbons (Fsp3) is 0.273. The van der Waals surface area contributed by atoms with E-state index in [1.54, 1.807) is 0 Å². The van der Waals surface area contributed by atoms with Crippen LogP contribution >= 0.6 is 11.6 Å². The Balaban J connectivity index is 2.58. The zero-order chi connectivity index (χ0) is 10.8. The molecule has 2 rings (SSSR count). The van der Waals surface area contributed by atoms with E-state index >= 15 is 0 Å². The second-order valence-corrected chi connectivity index (χ2v) is 3.82. The Morgan fingerprint density at radius 3 is 2.60 bits per heavy atom. The zero-order valence-electron chi connectivity index (χ0n) is 8.10. The normalized spacial score (nSPS) is 11.5. The van der Waals surface area contributed by atoms with Gasteiger partial charge in [0.2, 0.25) is 0 Å². The summed E-state index contributed by atoms with van der Waals surface area (Å²) in [5.41, 5.74) is 0.926. The number of rotatable bonds is 3. The summed E-state index contributed by atoms with van der Waals surface area (Å²) in [4.78, 5) is 0. The van der Waals surface area contributed by atoms with E-state index in [9.17, 15) is 0 Å². The van der Waals surface area contributed by atoms with Gasteiger partial charge in [0.1, 0.15) is 0 Å². The van der Waals surface area contributed by atoms with Crippen LogP contribution in [-0.2, 0) is 0 Å². The van der Waals surface area contributed by atoms with Gasteiger partial charge in [0, 0.05) is 22.1 Å². The van der Waals surface area contributed by atoms with Gasteiger partial charge in [-0.1, -0.05) is 17.7 Å². The number of nitrogens with zero attached hydrogens (tertiary/aromatic N) is 1. The molecule has 0 radical (unpaired) electrons. The van der Waals surface area contributed by atoms with Crippen molar-refractivity contribution in [2.75, 3.05) is 13.2 Å². The van der Waals surface area contributed by atoms with Crippen LogP contribution in [-0.4, -0.2) is 28.0 Å². The van der Waals surface area contributed by atoms with Crippen molar-refractivity contribution in [2.45, 2.75) is 6.04 Å². The first kappa shape index (κ1) is 10.5. The number of fused-ring (bicyclic) bond motifs is 1. The molecule has 0 atom stereocenters. The minimum absolute atomic E-state index is 0.0905. The van der Waals surface area contributed by atoms with E-state index in [0.717, 1.165) is 10.9 Å². The topological polar surface area (TPSA) is 45.4 Å². The first-order valence-electron chi connectivity index (χ1n) is 4.74. The van der Waals surface area contributed by atoms with Crippen LogP contribution in [0.15, 0.2) is 30.5 Å². The molecule has 1 heterocycles. The Bertz CT molecular complexity index is 463. The van der Waals surface area contributed by atoms with E-state index in [2.05, 4.69) is 0 Å². The molecule has 0 saturated heterocycles. The monoisotopic (exact) mass is 225 g/mol. The molecular weight excluding hydrogens is 214 g/mol. The van der Waals surface area contributed by atoms with Crippen molar-refractivity contribution in [1.29, 1.82) is 0 Å². The van der Waals surface area contributed by atoms with Gasteiger partial charge < -0.3 is 14.8 Å². The van der Waals surface area contributed by atoms with Gasteiger partial charge in [0.15, 0.2) is 0 Å². The predicted molar refractivity (Wildman–Crippen MR) is 60.2 cm³/mol. The van der Waals surface area contributed by atoms with Gasteiger partial charge in [0.05, 0.1) is 19.3 Å². The van der Waals surface area contributed by atoms with Crippen molar-refractivity contribution in [3.05, 3.63) is 35.5 Å². The molecule has 1 aromatic carbocycles. The van der Waals surface area contributed by atoms with Gasteiger partial charge in [0.25, 0.3) is 0 Å². The third kappa shape index (κ3) is 1.74. The maximum Gasteiger partial charge on any atom is 0.0798 e. The highest BCUT2D eigenvalue weighted by molar-refractivity contribution is 6.35. The Kier molecular flexibility index (Phi) is 2.95. The maximum absolute atomic E-state index is 9.11. The summed E-state index contributed by atoms with van der Waals surface area (Å²) >= 11 is 6.02. The SMILES string of the molecule is OCC(CO)n1ccc2c(Cl)cccc21. The minimum atomic E-state index is -0.305. The van der Waals surface area contributed by atoms with E-state index in [-0.39, 0.29) is 19.3 Å². The second kappa shape index (κ2) is 4.23. The Hall–Kier alpha value is -1.03. The van der Waals surface area contributed by atoms with Gasteiger partial charge in [-0.2, -0.15) is 0 Å². The molecule has 0 aliphatic carbocycles. The number of aromatic nitrogens is 1. The Morgan fingerprint density at radius 1 is 1.20 bits per heavy atom. The molecule has 2 N–H and O–H groups in total. The molecule has 1 aromatic heterocycles. The summed E-state index contributed by atoms with van der Waals surface area (Å²) in [6.45, 7) is -0.181. The largest absolute Gasteiger partial charge is 0.394 e. The van der Waals surface area contributed by atoms with Gasteiger partial charge in [-0.3, -0.25) is 0 Å². The number of aliphatic hydroxyl groups is 2. The van der Waals surface area contributed by atoms with Crippen LogP contribution in [0.5, 0.6) is 0 Å². The highest BCUT2D eigenvalue weighted by Gasteiger charge is 2.11. The molecule has 80 valence electrons. The lowest BCUT2D eigenvalue weighted by Crippen LogP contribution is -2.16. The first-order chi connectivity index (χ1) is 7.27. The summed E-state index contributed by atoms with van der Waals surface area (Å²) in [7, 11) is 0. The molecule has 0 aliphatic heterocycles. The molecule has 0 fully saturated rings. The van der Waals surface area contributed by atoms with E-state index in [4.69, 9.17) is 21.8 Å². The summed E-state index contributed by atoms with van der Waals surface area (Å²) in [6, 6.07) is 7.17. The van der Waals surface area contributed by atoms with Crippen molar-refractivity contribution in [2.24, 2.45) is 0 Å². The quantitative estimate of drug-likeness (QED) is 0.837. The third-order valence-corrected chi connectivity index (χ3v) is 2.85. The van der Waals surface area contributed by atoms with Crippen molar-refractivity contribution in [1.82, 2.24) is 4.57 Å². The van der Waals surface area contributed by atoms with Gasteiger partial charge in [-0.15, -0.1) is 0 Å². The zero-order valence-corrected chi connectivity index (χ0v) is 8.85. The second-order valence-electron chi connectivity index (χ2n) is 3.41. The van der Waals surface area contributed by atoms with E-state index in [1.807, 2.05) is 35.0 Å². The number of halogens is 1. The van der Waals surface area contributed by atoms with Crippen molar-refractivity contribution in [3.63, 3.8) is 0 Å². The lowest BCUT2D eigenvalue weighted by atomic mass is 10.2. The van der Waals surface area contributed by atoms with Gasteiger partial charge >= 0.3 is 0 Å². The molecule has 0 amide bonds. The van der Waals surface area contributed by atoms with Crippen LogP contribution in [0.2, 0.25) is 5.02 Å². The summed E-state index contributed by atoms with van der Waals surface area (Å²) in [6.07, 6.45) is 1.83. The fourth-order valence-corrected chi connectivity index (χ4v) is 1.94. The third-order valence-electron chi connectivity index (χ3n) is 2.52. The minimum Gasteiger partial charge on any atom is -0.394 e. The molecule has 0 aliphatic rings. The van der Waals surface area contributed by atoms with Crippen LogP contribution in [0.4, 0.5) is 0 Å². The van der Waals surface area contributed by atoms with E-state index in [1.165, 1.54) is 0 Å². The molecule has 4 heteroatoms. The summed E-state index contributed by atoms with van der Waals surface area (Å²) in [5, 5.41) is 19.8. The van der Waals surface area contributed by atoms with Crippen LogP contribution < -0.4 is 0 Å². The van der Waals surface area contributed by atoms with Crippen LogP contribution in [0, 0.1) is 0 Å². The van der Waals surface area contributed by atoms with Crippen molar-refractivity contribution < 1.29 is 10.2 Å². The molecule has 3 nitrogen and oxygen atoms in total. The molecular formula is C11H12ClNO2. The van der Waals surface area contributed by atoms with Crippen molar-refractivity contribution >= 4 is 22.5 Å². The average Bonchev–Trinajstić information content (AvgIpc) is 2.66. The lowest BCUT2D eigenvalue weighted by molar-refractivity contribution is 0.157. The number of hydrogen-bond donors (Lipinski definition) is 2. The number of aliphatic hydroxyl groups excluding tert-OH is 2. The van der Waals surface area contributed by atoms with Crippen LogP contribution in [0.1, 0.15) is 6.04 Å². The van der Waals surface area contributed by atoms with Gasteiger partial charge in [-0.25, -0.2) is 0 Å². The summed E-state index contributed by atoms with van der Waals surface area (Å²) < 4.78 is 1.83. The van der Waals surface area contributed by atoms with E-state index < -0.39 is 0 Å². The fourth-order valence-electron chi connectivity index (χ4n) is 1.70. The standard InChI is InChI=1S/C11H12ClNO2/c12-10-2-1-3-11-9(10)4-5-13(11)8(6-14)7-15/h1-5,8,14-15H,6-7H2. The molecule has 15 heavy (non-hydrogen) atoms. The molecule has 0 unspecified atom stereocenters. The van der Waals surface area contributed by atoms with E-state index in [0.29, 0.717) is 5.02 Å². The van der Waals surface area contributed by atoms with Gasteiger partial charge in [-0.05, 0) is 18.2 Å². The highest BCUT2D eigenvalue weighted by Crippen LogP contribution is 2.26. The smallest absolute Gasteiger partial charge is 0.0798 e. The number of hydrogen-bond acceptors (Lipinski definition) is 2. The molecule has 0 bridgehead atoms. The maximum atomic E-state index is 9.11. The van der Waals surface area contributed by atoms with Crippen LogP contribution in [0.3, 0.4) is 0 Å². The molecule has 2 aromatic rings. The summed E-state index contributed by atoms with van der Waals surface area (Å²) in [5.74, 6) is 0. The lowest BCUT2D eigenvalue weighted by Gasteiger charge is -2.14. The van der Waals surface area contributed by atoms with Crippen molar-refractivity contribution in [3.8, 4) is 0 Å². The first-order valence-corrected chi connectivity index (χ1v) is 5.12. The Labute approximate surface area is 92.5 Å². The number of benzene rings is 1. The predicted octanol–water partition coefficient (Wildman–Crippen LogP) is 1.82. The Morgan fingerprint density at radius 2 is 1.93 bits per heavy atom. The molecule has 0 saturated carbocycles. The molecule has 0 spiro atoms.